The lowest BCUT2D eigenvalue weighted by atomic mass is 9.49. The minimum absolute atomic E-state index is 0.00106. The Morgan fingerprint density at radius 2 is 1.63 bits per heavy atom. The standard InChI is InChI=1S/C22H30N4O4/c1-13(2)19(20(27)25-24-17-5-3-4-6-18(17)26(29)30)23-21(28)22-10-14-7-15(11-22)9-16(8-14)12-22/h3-6,13-16,19,24H,7-12H2,1-2H3,(H,23,28)(H,25,27). The zero-order chi connectivity index (χ0) is 21.5. The largest absolute Gasteiger partial charge is 0.344 e. The summed E-state index contributed by atoms with van der Waals surface area (Å²) in [5.41, 5.74) is 4.94. The molecule has 3 N–H and O–H groups in total. The number of hydrazine groups is 1. The molecular weight excluding hydrogens is 384 g/mol. The number of hydrogen-bond acceptors (Lipinski definition) is 5. The lowest BCUT2D eigenvalue weighted by molar-refractivity contribution is -0.384. The van der Waals surface area contributed by atoms with Crippen LogP contribution in [0.15, 0.2) is 24.3 Å². The van der Waals surface area contributed by atoms with E-state index in [1.165, 1.54) is 31.4 Å². The van der Waals surface area contributed by atoms with E-state index in [1.807, 2.05) is 13.8 Å². The van der Waals surface area contributed by atoms with E-state index in [9.17, 15) is 19.7 Å². The Morgan fingerprint density at radius 3 is 2.17 bits per heavy atom. The van der Waals surface area contributed by atoms with Gasteiger partial charge in [0, 0.05) is 11.5 Å². The van der Waals surface area contributed by atoms with Gasteiger partial charge in [-0.3, -0.25) is 30.6 Å². The van der Waals surface area contributed by atoms with Crippen LogP contribution in [0.4, 0.5) is 11.4 Å². The molecule has 0 aromatic heterocycles. The van der Waals surface area contributed by atoms with E-state index in [4.69, 9.17) is 0 Å². The van der Waals surface area contributed by atoms with E-state index < -0.39 is 16.9 Å². The summed E-state index contributed by atoms with van der Waals surface area (Å²) in [5, 5.41) is 14.2. The minimum Gasteiger partial charge on any atom is -0.344 e. The summed E-state index contributed by atoms with van der Waals surface area (Å²) in [5.74, 6) is 1.42. The highest BCUT2D eigenvalue weighted by Crippen LogP contribution is 2.60. The fraction of sp³-hybridized carbons (Fsp3) is 0.636. The Balaban J connectivity index is 1.42. The molecule has 0 aliphatic heterocycles. The second-order valence-electron chi connectivity index (χ2n) is 9.78. The molecule has 0 spiro atoms. The average molecular weight is 415 g/mol. The van der Waals surface area contributed by atoms with Gasteiger partial charge < -0.3 is 5.32 Å². The Morgan fingerprint density at radius 1 is 1.07 bits per heavy atom. The van der Waals surface area contributed by atoms with Gasteiger partial charge in [-0.15, -0.1) is 0 Å². The minimum atomic E-state index is -0.708. The predicted octanol–water partition coefficient (Wildman–Crippen LogP) is 3.40. The molecule has 162 valence electrons. The van der Waals surface area contributed by atoms with Crippen molar-refractivity contribution in [1.82, 2.24) is 10.7 Å². The molecule has 1 aromatic rings. The number of benzene rings is 1. The molecule has 2 amide bonds. The van der Waals surface area contributed by atoms with Crippen LogP contribution >= 0.6 is 0 Å². The van der Waals surface area contributed by atoms with E-state index in [1.54, 1.807) is 12.1 Å². The third-order valence-corrected chi connectivity index (χ3v) is 7.18. The van der Waals surface area contributed by atoms with E-state index in [0.29, 0.717) is 17.8 Å². The molecule has 1 atom stereocenters. The fourth-order valence-corrected chi connectivity index (χ4v) is 6.16. The van der Waals surface area contributed by atoms with Gasteiger partial charge >= 0.3 is 0 Å². The van der Waals surface area contributed by atoms with Crippen molar-refractivity contribution < 1.29 is 14.5 Å². The van der Waals surface area contributed by atoms with Crippen molar-refractivity contribution in [3.8, 4) is 0 Å². The second kappa shape index (κ2) is 7.89. The molecule has 0 radical (unpaired) electrons. The summed E-state index contributed by atoms with van der Waals surface area (Å²) in [7, 11) is 0. The number of nitro groups is 1. The van der Waals surface area contributed by atoms with Crippen molar-refractivity contribution >= 4 is 23.2 Å². The van der Waals surface area contributed by atoms with Crippen LogP contribution in [0.25, 0.3) is 0 Å². The first-order valence-electron chi connectivity index (χ1n) is 10.9. The van der Waals surface area contributed by atoms with Crippen LogP contribution in [0.1, 0.15) is 52.4 Å². The molecule has 8 heteroatoms. The third kappa shape index (κ3) is 3.87. The number of carbonyl (C=O) groups excluding carboxylic acids is 2. The van der Waals surface area contributed by atoms with Gasteiger partial charge in [0.2, 0.25) is 5.91 Å². The number of anilines is 1. The Hall–Kier alpha value is -2.64. The number of nitro benzene ring substituents is 1. The average Bonchev–Trinajstić information content (AvgIpc) is 2.68. The van der Waals surface area contributed by atoms with Crippen LogP contribution in [-0.2, 0) is 9.59 Å². The molecule has 0 saturated heterocycles. The Kier molecular flexibility index (Phi) is 5.42. The maximum Gasteiger partial charge on any atom is 0.294 e. The zero-order valence-corrected chi connectivity index (χ0v) is 17.5. The van der Waals surface area contributed by atoms with Crippen molar-refractivity contribution in [2.24, 2.45) is 29.1 Å². The van der Waals surface area contributed by atoms with Crippen molar-refractivity contribution in [1.29, 1.82) is 0 Å². The lowest BCUT2D eigenvalue weighted by Gasteiger charge is -2.55. The first-order chi connectivity index (χ1) is 14.3. The molecule has 1 unspecified atom stereocenters. The molecule has 1 aromatic carbocycles. The van der Waals surface area contributed by atoms with Gasteiger partial charge in [0.05, 0.1) is 4.92 Å². The molecule has 4 saturated carbocycles. The highest BCUT2D eigenvalue weighted by molar-refractivity contribution is 5.91. The highest BCUT2D eigenvalue weighted by Gasteiger charge is 2.55. The van der Waals surface area contributed by atoms with Crippen LogP contribution in [0.2, 0.25) is 0 Å². The van der Waals surface area contributed by atoms with Gasteiger partial charge in [-0.2, -0.15) is 0 Å². The smallest absolute Gasteiger partial charge is 0.294 e. The quantitative estimate of drug-likeness (QED) is 0.467. The van der Waals surface area contributed by atoms with Crippen LogP contribution in [0.3, 0.4) is 0 Å². The molecule has 5 rings (SSSR count). The molecule has 4 aliphatic carbocycles. The van der Waals surface area contributed by atoms with E-state index in [2.05, 4.69) is 16.2 Å². The number of rotatable bonds is 7. The van der Waals surface area contributed by atoms with E-state index >= 15 is 0 Å². The number of carbonyl (C=O) groups is 2. The Labute approximate surface area is 176 Å². The van der Waals surface area contributed by atoms with Gasteiger partial charge in [-0.1, -0.05) is 26.0 Å². The highest BCUT2D eigenvalue weighted by atomic mass is 16.6. The number of para-hydroxylation sites is 2. The molecule has 0 heterocycles. The van der Waals surface area contributed by atoms with Crippen molar-refractivity contribution in [3.63, 3.8) is 0 Å². The number of nitrogens with zero attached hydrogens (tertiary/aromatic N) is 1. The molecule has 30 heavy (non-hydrogen) atoms. The summed E-state index contributed by atoms with van der Waals surface area (Å²) in [6, 6.07) is 5.39. The summed E-state index contributed by atoms with van der Waals surface area (Å²) in [6.07, 6.45) is 6.56. The number of nitrogens with one attached hydrogen (secondary N) is 3. The van der Waals surface area contributed by atoms with E-state index in [-0.39, 0.29) is 28.6 Å². The summed E-state index contributed by atoms with van der Waals surface area (Å²) < 4.78 is 0. The van der Waals surface area contributed by atoms with Gasteiger partial charge in [-0.25, -0.2) is 0 Å². The maximum atomic E-state index is 13.3. The fourth-order valence-electron chi connectivity index (χ4n) is 6.16. The monoisotopic (exact) mass is 414 g/mol. The zero-order valence-electron chi connectivity index (χ0n) is 17.5. The van der Waals surface area contributed by atoms with Gasteiger partial charge in [-0.05, 0) is 68.3 Å². The second-order valence-corrected chi connectivity index (χ2v) is 9.78. The SMILES string of the molecule is CC(C)C(NC(=O)C12CC3CC(CC(C3)C1)C2)C(=O)NNc1ccccc1[N+](=O)[O-]. The molecule has 4 fully saturated rings. The van der Waals surface area contributed by atoms with E-state index in [0.717, 1.165) is 19.3 Å². The van der Waals surface area contributed by atoms with Crippen molar-refractivity contribution in [2.75, 3.05) is 5.43 Å². The van der Waals surface area contributed by atoms with Crippen molar-refractivity contribution in [3.05, 3.63) is 34.4 Å². The van der Waals surface area contributed by atoms with Gasteiger partial charge in [0.1, 0.15) is 11.7 Å². The third-order valence-electron chi connectivity index (χ3n) is 7.18. The van der Waals surface area contributed by atoms with Crippen LogP contribution in [0, 0.1) is 39.2 Å². The Bertz CT molecular complexity index is 818. The number of hydrogen-bond donors (Lipinski definition) is 3. The molecule has 4 aliphatic rings. The molecule has 8 nitrogen and oxygen atoms in total. The first kappa shape index (κ1) is 20.6. The molecular formula is C22H30N4O4. The lowest BCUT2D eigenvalue weighted by Crippen LogP contribution is -2.58. The summed E-state index contributed by atoms with van der Waals surface area (Å²) in [4.78, 5) is 36.8. The van der Waals surface area contributed by atoms with Crippen molar-refractivity contribution in [2.45, 2.75) is 58.4 Å². The normalized spacial score (nSPS) is 30.0. The molecule has 4 bridgehead atoms. The maximum absolute atomic E-state index is 13.3. The first-order valence-corrected chi connectivity index (χ1v) is 10.9. The number of amides is 2. The topological polar surface area (TPSA) is 113 Å². The summed E-state index contributed by atoms with van der Waals surface area (Å²) in [6.45, 7) is 3.77. The van der Waals surface area contributed by atoms with Gasteiger partial charge in [0.25, 0.3) is 11.6 Å². The van der Waals surface area contributed by atoms with Gasteiger partial charge in [0.15, 0.2) is 0 Å². The summed E-state index contributed by atoms with van der Waals surface area (Å²) >= 11 is 0. The van der Waals surface area contributed by atoms with Crippen LogP contribution in [0.5, 0.6) is 0 Å². The van der Waals surface area contributed by atoms with Crippen LogP contribution in [-0.4, -0.2) is 22.8 Å². The predicted molar refractivity (Wildman–Crippen MR) is 112 cm³/mol. The van der Waals surface area contributed by atoms with Crippen LogP contribution < -0.4 is 16.2 Å².